The minimum atomic E-state index is -0.0867. The zero-order valence-corrected chi connectivity index (χ0v) is 17.4. The van der Waals surface area contributed by atoms with Gasteiger partial charge in [0.05, 0.1) is 28.1 Å². The third-order valence-corrected chi connectivity index (χ3v) is 6.05. The molecule has 5 nitrogen and oxygen atoms in total. The van der Waals surface area contributed by atoms with E-state index in [0.29, 0.717) is 17.1 Å². The highest BCUT2D eigenvalue weighted by Gasteiger charge is 2.17. The van der Waals surface area contributed by atoms with Crippen molar-refractivity contribution in [3.05, 3.63) is 68.6 Å². The quantitative estimate of drug-likeness (QED) is 0.671. The number of nitrogens with one attached hydrogen (secondary N) is 1. The first-order valence-electron chi connectivity index (χ1n) is 8.68. The van der Waals surface area contributed by atoms with Crippen molar-refractivity contribution in [1.29, 1.82) is 0 Å². The molecule has 2 heterocycles. The van der Waals surface area contributed by atoms with Crippen LogP contribution in [-0.4, -0.2) is 41.2 Å². The molecule has 1 atom stereocenters. The van der Waals surface area contributed by atoms with Gasteiger partial charge in [-0.25, -0.2) is 4.68 Å². The van der Waals surface area contributed by atoms with E-state index >= 15 is 0 Å². The lowest BCUT2D eigenvalue weighted by Gasteiger charge is -2.23. The molecule has 142 valence electrons. The maximum Gasteiger partial charge on any atom is 0.251 e. The molecule has 0 bridgehead atoms. The fraction of sp³-hybridized carbons (Fsp3) is 0.300. The van der Waals surface area contributed by atoms with Gasteiger partial charge in [-0.3, -0.25) is 4.79 Å². The summed E-state index contributed by atoms with van der Waals surface area (Å²) in [6.45, 7) is 4.36. The normalized spacial score (nSPS) is 12.4. The van der Waals surface area contributed by atoms with Gasteiger partial charge in [-0.2, -0.15) is 5.10 Å². The summed E-state index contributed by atoms with van der Waals surface area (Å²) >= 11 is 7.92. The Morgan fingerprint density at radius 3 is 2.48 bits per heavy atom. The summed E-state index contributed by atoms with van der Waals surface area (Å²) in [7, 11) is 4.04. The minimum Gasteiger partial charge on any atom is -0.350 e. The van der Waals surface area contributed by atoms with Gasteiger partial charge in [0.25, 0.3) is 5.91 Å². The van der Waals surface area contributed by atoms with Gasteiger partial charge in [-0.15, -0.1) is 11.3 Å². The van der Waals surface area contributed by atoms with E-state index in [4.69, 9.17) is 11.6 Å². The lowest BCUT2D eigenvalue weighted by atomic mass is 10.1. The standard InChI is InChI=1S/C20H23ClN4OS/c1-13-19(21)14(2)25(23-13)16-9-7-15(8-10-16)20(26)22-12-17(24(3)4)18-6-5-11-27-18/h5-11,17H,12H2,1-4H3,(H,22,26). The van der Waals surface area contributed by atoms with Crippen LogP contribution in [0.3, 0.4) is 0 Å². The molecule has 2 aromatic heterocycles. The Labute approximate surface area is 168 Å². The summed E-state index contributed by atoms with van der Waals surface area (Å²) in [5, 5.41) is 10.2. The Morgan fingerprint density at radius 1 is 1.26 bits per heavy atom. The zero-order chi connectivity index (χ0) is 19.6. The van der Waals surface area contributed by atoms with E-state index < -0.39 is 0 Å². The predicted molar refractivity (Wildman–Crippen MR) is 111 cm³/mol. The van der Waals surface area contributed by atoms with Crippen LogP contribution >= 0.6 is 22.9 Å². The largest absolute Gasteiger partial charge is 0.350 e. The van der Waals surface area contributed by atoms with Crippen molar-refractivity contribution in [2.75, 3.05) is 20.6 Å². The number of benzene rings is 1. The topological polar surface area (TPSA) is 50.2 Å². The number of carbonyl (C=O) groups is 1. The first-order valence-corrected chi connectivity index (χ1v) is 9.94. The van der Waals surface area contributed by atoms with Gasteiger partial charge in [-0.05, 0) is 63.7 Å². The monoisotopic (exact) mass is 402 g/mol. The Kier molecular flexibility index (Phi) is 5.99. The number of halogens is 1. The fourth-order valence-electron chi connectivity index (χ4n) is 2.94. The minimum absolute atomic E-state index is 0.0867. The van der Waals surface area contributed by atoms with E-state index in [1.54, 1.807) is 16.0 Å². The van der Waals surface area contributed by atoms with Crippen LogP contribution in [0.25, 0.3) is 5.69 Å². The van der Waals surface area contributed by atoms with Gasteiger partial charge in [0.2, 0.25) is 0 Å². The summed E-state index contributed by atoms with van der Waals surface area (Å²) in [6, 6.07) is 11.7. The number of aromatic nitrogens is 2. The summed E-state index contributed by atoms with van der Waals surface area (Å²) in [6.07, 6.45) is 0. The first kappa shape index (κ1) is 19.6. The number of hydrogen-bond donors (Lipinski definition) is 1. The second-order valence-electron chi connectivity index (χ2n) is 6.65. The number of thiophene rings is 1. The number of aryl methyl sites for hydroxylation is 1. The molecule has 3 rings (SSSR count). The Bertz CT molecular complexity index is 916. The molecule has 1 N–H and O–H groups in total. The summed E-state index contributed by atoms with van der Waals surface area (Å²) in [5.41, 5.74) is 3.18. The molecule has 0 fully saturated rings. The van der Waals surface area contributed by atoms with Crippen LogP contribution in [0, 0.1) is 13.8 Å². The molecule has 27 heavy (non-hydrogen) atoms. The molecule has 7 heteroatoms. The first-order chi connectivity index (χ1) is 12.9. The van der Waals surface area contributed by atoms with Crippen molar-refractivity contribution in [1.82, 2.24) is 20.0 Å². The molecule has 0 spiro atoms. The van der Waals surface area contributed by atoms with Gasteiger partial charge < -0.3 is 10.2 Å². The third kappa shape index (κ3) is 4.24. The van der Waals surface area contributed by atoms with Crippen LogP contribution in [0.15, 0.2) is 41.8 Å². The number of likely N-dealkylation sites (N-methyl/N-ethyl adjacent to an activating group) is 1. The van der Waals surface area contributed by atoms with Crippen LogP contribution in [0.4, 0.5) is 0 Å². The number of hydrogen-bond acceptors (Lipinski definition) is 4. The van der Waals surface area contributed by atoms with Gasteiger partial charge in [0.1, 0.15) is 0 Å². The molecule has 1 unspecified atom stereocenters. The molecule has 1 amide bonds. The molecule has 0 aliphatic rings. The van der Waals surface area contributed by atoms with Crippen LogP contribution in [0.1, 0.15) is 32.7 Å². The number of amides is 1. The summed E-state index contributed by atoms with van der Waals surface area (Å²) in [4.78, 5) is 15.9. The average molecular weight is 403 g/mol. The van der Waals surface area contributed by atoms with E-state index in [1.807, 2.05) is 58.3 Å². The molecule has 0 saturated carbocycles. The van der Waals surface area contributed by atoms with Crippen LogP contribution in [0.5, 0.6) is 0 Å². The number of rotatable bonds is 6. The smallest absolute Gasteiger partial charge is 0.251 e. The van der Waals surface area contributed by atoms with Crippen molar-refractivity contribution < 1.29 is 4.79 Å². The highest BCUT2D eigenvalue weighted by Crippen LogP contribution is 2.23. The maximum atomic E-state index is 12.5. The third-order valence-electron chi connectivity index (χ3n) is 4.53. The fourth-order valence-corrected chi connectivity index (χ4v) is 3.98. The molecule has 1 aromatic carbocycles. The number of nitrogens with zero attached hydrogens (tertiary/aromatic N) is 3. The van der Waals surface area contributed by atoms with Crippen molar-refractivity contribution in [2.24, 2.45) is 0 Å². The van der Waals surface area contributed by atoms with Gasteiger partial charge in [0.15, 0.2) is 0 Å². The summed E-state index contributed by atoms with van der Waals surface area (Å²) < 4.78 is 1.79. The van der Waals surface area contributed by atoms with Gasteiger partial charge >= 0.3 is 0 Å². The maximum absolute atomic E-state index is 12.5. The van der Waals surface area contributed by atoms with E-state index in [-0.39, 0.29) is 11.9 Å². The van der Waals surface area contributed by atoms with E-state index in [9.17, 15) is 4.79 Å². The molecular weight excluding hydrogens is 380 g/mol. The van der Waals surface area contributed by atoms with Gasteiger partial charge in [-0.1, -0.05) is 17.7 Å². The molecule has 0 radical (unpaired) electrons. The van der Waals surface area contributed by atoms with Crippen molar-refractivity contribution in [3.63, 3.8) is 0 Å². The van der Waals surface area contributed by atoms with E-state index in [2.05, 4.69) is 26.8 Å². The predicted octanol–water partition coefficient (Wildman–Crippen LogP) is 4.24. The number of carbonyl (C=O) groups excluding carboxylic acids is 1. The second-order valence-corrected chi connectivity index (χ2v) is 8.01. The molecule has 0 aliphatic carbocycles. The van der Waals surface area contributed by atoms with Crippen molar-refractivity contribution in [3.8, 4) is 5.69 Å². The lowest BCUT2D eigenvalue weighted by molar-refractivity contribution is 0.0942. The second kappa shape index (κ2) is 8.25. The molecule has 0 aliphatic heterocycles. The van der Waals surface area contributed by atoms with Gasteiger partial charge in [0, 0.05) is 17.0 Å². The SMILES string of the molecule is Cc1nn(-c2ccc(C(=O)NCC(c3cccs3)N(C)C)cc2)c(C)c1Cl. The molecular formula is C20H23ClN4OS. The van der Waals surface area contributed by atoms with Crippen molar-refractivity contribution >= 4 is 28.8 Å². The van der Waals surface area contributed by atoms with Crippen LogP contribution in [0.2, 0.25) is 5.02 Å². The highest BCUT2D eigenvalue weighted by atomic mass is 35.5. The Morgan fingerprint density at radius 2 is 1.96 bits per heavy atom. The summed E-state index contributed by atoms with van der Waals surface area (Å²) in [5.74, 6) is -0.0867. The lowest BCUT2D eigenvalue weighted by Crippen LogP contribution is -2.34. The Hall–Kier alpha value is -2.15. The van der Waals surface area contributed by atoms with Crippen LogP contribution < -0.4 is 5.32 Å². The zero-order valence-electron chi connectivity index (χ0n) is 15.9. The Balaban J connectivity index is 1.69. The van der Waals surface area contributed by atoms with Crippen LogP contribution in [-0.2, 0) is 0 Å². The molecule has 3 aromatic rings. The van der Waals surface area contributed by atoms with E-state index in [0.717, 1.165) is 17.1 Å². The molecule has 0 saturated heterocycles. The van der Waals surface area contributed by atoms with E-state index in [1.165, 1.54) is 4.88 Å². The highest BCUT2D eigenvalue weighted by molar-refractivity contribution is 7.10. The average Bonchev–Trinajstić information content (AvgIpc) is 3.26. The van der Waals surface area contributed by atoms with Crippen molar-refractivity contribution in [2.45, 2.75) is 19.9 Å².